The molecule has 0 bridgehead atoms. The van der Waals surface area contributed by atoms with E-state index >= 15 is 0 Å². The molecule has 0 unspecified atom stereocenters. The monoisotopic (exact) mass is 457 g/mol. The number of rotatable bonds is 4. The number of primary amides is 1. The Balaban J connectivity index is 1.41. The first-order valence-electron chi connectivity index (χ1n) is 10.9. The highest BCUT2D eigenvalue weighted by Gasteiger charge is 2.26. The van der Waals surface area contributed by atoms with Gasteiger partial charge in [0.15, 0.2) is 0 Å². The zero-order valence-corrected chi connectivity index (χ0v) is 18.2. The van der Waals surface area contributed by atoms with Gasteiger partial charge in [-0.05, 0) is 60.0 Å². The van der Waals surface area contributed by atoms with Crippen LogP contribution in [0.4, 0.5) is 16.2 Å². The summed E-state index contributed by atoms with van der Waals surface area (Å²) in [4.78, 5) is 41.3. The maximum Gasteiger partial charge on any atom is 0.316 e. The van der Waals surface area contributed by atoms with Crippen LogP contribution in [0.15, 0.2) is 54.7 Å². The number of aliphatic hydroxyl groups is 1. The minimum Gasteiger partial charge on any atom is -0.391 e. The van der Waals surface area contributed by atoms with E-state index < -0.39 is 12.1 Å². The molecule has 0 spiro atoms. The van der Waals surface area contributed by atoms with Crippen LogP contribution in [0.5, 0.6) is 0 Å². The lowest BCUT2D eigenvalue weighted by molar-refractivity contribution is -0.110. The van der Waals surface area contributed by atoms with Crippen molar-refractivity contribution in [3.05, 3.63) is 71.5 Å². The number of β-amino-alcohol motifs (C(OH)–C–C–N with tert-alkyl or cyclic N) is 1. The van der Waals surface area contributed by atoms with Crippen molar-refractivity contribution in [3.8, 4) is 11.1 Å². The third kappa shape index (κ3) is 4.16. The first-order chi connectivity index (χ1) is 16.4. The molecule has 1 aromatic heterocycles. The molecule has 4 amide bonds. The number of nitrogens with zero attached hydrogens (tertiary/aromatic N) is 1. The Morgan fingerprint density at radius 2 is 2.00 bits per heavy atom. The molecule has 1 atom stereocenters. The number of hydrogen-bond donors (Lipinski definition) is 5. The molecule has 172 valence electrons. The summed E-state index contributed by atoms with van der Waals surface area (Å²) in [6, 6.07) is 13.6. The van der Waals surface area contributed by atoms with Gasteiger partial charge in [-0.2, -0.15) is 0 Å². The van der Waals surface area contributed by atoms with Crippen molar-refractivity contribution in [2.24, 2.45) is 5.73 Å². The number of nitrogens with one attached hydrogen (secondary N) is 3. The number of H-pyrrole nitrogens is 1. The van der Waals surface area contributed by atoms with Gasteiger partial charge >= 0.3 is 6.03 Å². The van der Waals surface area contributed by atoms with E-state index in [1.165, 1.54) is 0 Å². The summed E-state index contributed by atoms with van der Waals surface area (Å²) in [5.41, 5.74) is 10.4. The van der Waals surface area contributed by atoms with Crippen molar-refractivity contribution in [1.82, 2.24) is 9.88 Å². The number of anilines is 2. The zero-order chi connectivity index (χ0) is 23.8. The number of aliphatic hydroxyl groups excluding tert-OH is 1. The number of hydrogen-bond acceptors (Lipinski definition) is 4. The van der Waals surface area contributed by atoms with Gasteiger partial charge in [0.1, 0.15) is 0 Å². The predicted molar refractivity (Wildman–Crippen MR) is 129 cm³/mol. The summed E-state index contributed by atoms with van der Waals surface area (Å²) in [7, 11) is 0. The van der Waals surface area contributed by atoms with E-state index in [-0.39, 0.29) is 11.8 Å². The number of urea groups is 1. The highest BCUT2D eigenvalue weighted by atomic mass is 16.3. The molecular formula is C25H23N5O4. The number of aromatic nitrogens is 1. The van der Waals surface area contributed by atoms with E-state index in [2.05, 4.69) is 15.6 Å². The van der Waals surface area contributed by atoms with Gasteiger partial charge in [0.05, 0.1) is 11.7 Å². The minimum absolute atomic E-state index is 0.101. The molecule has 9 heteroatoms. The average molecular weight is 457 g/mol. The Morgan fingerprint density at radius 3 is 2.76 bits per heavy atom. The number of carbonyl (C=O) groups excluding carboxylic acids is 3. The fourth-order valence-electron chi connectivity index (χ4n) is 4.31. The zero-order valence-electron chi connectivity index (χ0n) is 18.2. The number of likely N-dealkylation sites (tertiary alicyclic amines) is 1. The Kier molecular flexibility index (Phi) is 5.39. The van der Waals surface area contributed by atoms with Gasteiger partial charge in [-0.1, -0.05) is 12.1 Å². The highest BCUT2D eigenvalue weighted by Crippen LogP contribution is 2.35. The molecule has 1 fully saturated rings. The van der Waals surface area contributed by atoms with Gasteiger partial charge in [0.25, 0.3) is 11.8 Å². The number of fused-ring (bicyclic) bond motifs is 1. The van der Waals surface area contributed by atoms with Crippen LogP contribution in [0.1, 0.15) is 28.0 Å². The summed E-state index contributed by atoms with van der Waals surface area (Å²) in [5, 5.41) is 15.1. The number of nitrogens with two attached hydrogens (primary N) is 1. The first-order valence-corrected chi connectivity index (χ1v) is 10.9. The second-order valence-electron chi connectivity index (χ2n) is 8.38. The smallest absolute Gasteiger partial charge is 0.316 e. The molecule has 0 radical (unpaired) electrons. The lowest BCUT2D eigenvalue weighted by Crippen LogP contribution is -2.29. The van der Waals surface area contributed by atoms with Crippen molar-refractivity contribution in [2.75, 3.05) is 23.7 Å². The molecule has 2 aromatic carbocycles. The molecular weight excluding hydrogens is 434 g/mol. The van der Waals surface area contributed by atoms with E-state index in [0.717, 1.165) is 11.1 Å². The summed E-state index contributed by atoms with van der Waals surface area (Å²) in [6.07, 6.45) is 3.68. The maximum atomic E-state index is 12.8. The van der Waals surface area contributed by atoms with E-state index in [1.54, 1.807) is 35.2 Å². The third-order valence-electron chi connectivity index (χ3n) is 5.97. The van der Waals surface area contributed by atoms with Gasteiger partial charge in [0, 0.05) is 47.5 Å². The third-order valence-corrected chi connectivity index (χ3v) is 5.97. The van der Waals surface area contributed by atoms with Crippen molar-refractivity contribution < 1.29 is 19.5 Å². The molecule has 34 heavy (non-hydrogen) atoms. The number of amides is 4. The van der Waals surface area contributed by atoms with Crippen LogP contribution in [0.25, 0.3) is 22.8 Å². The molecule has 1 saturated heterocycles. The van der Waals surface area contributed by atoms with E-state index in [1.807, 2.05) is 30.5 Å². The van der Waals surface area contributed by atoms with Crippen LogP contribution >= 0.6 is 0 Å². The normalized spacial score (nSPS) is 18.1. The second kappa shape index (κ2) is 8.53. The summed E-state index contributed by atoms with van der Waals surface area (Å²) in [5.74, 6) is -0.348. The van der Waals surface area contributed by atoms with Crippen LogP contribution in [-0.2, 0) is 4.79 Å². The molecule has 0 saturated carbocycles. The van der Waals surface area contributed by atoms with Crippen LogP contribution in [-0.4, -0.2) is 52.0 Å². The Morgan fingerprint density at radius 1 is 1.15 bits per heavy atom. The molecule has 0 aliphatic carbocycles. The lowest BCUT2D eigenvalue weighted by atomic mass is 10.0. The van der Waals surface area contributed by atoms with E-state index in [9.17, 15) is 19.5 Å². The van der Waals surface area contributed by atoms with Crippen molar-refractivity contribution in [1.29, 1.82) is 0 Å². The van der Waals surface area contributed by atoms with Gasteiger partial charge < -0.3 is 31.4 Å². The van der Waals surface area contributed by atoms with Crippen LogP contribution in [0, 0.1) is 0 Å². The summed E-state index contributed by atoms with van der Waals surface area (Å²) >= 11 is 0. The molecule has 6 N–H and O–H groups in total. The summed E-state index contributed by atoms with van der Waals surface area (Å²) in [6.45, 7) is 0.900. The van der Waals surface area contributed by atoms with Gasteiger partial charge in [-0.25, -0.2) is 4.79 Å². The van der Waals surface area contributed by atoms with Crippen LogP contribution < -0.4 is 16.4 Å². The average Bonchev–Trinajstić information content (AvgIpc) is 3.53. The quantitative estimate of drug-likeness (QED) is 0.384. The van der Waals surface area contributed by atoms with Crippen molar-refractivity contribution >= 4 is 40.9 Å². The Labute approximate surface area is 195 Å². The lowest BCUT2D eigenvalue weighted by Gasteiger charge is -2.15. The van der Waals surface area contributed by atoms with Crippen molar-refractivity contribution in [3.63, 3.8) is 0 Å². The Hall–Kier alpha value is -4.37. The van der Waals surface area contributed by atoms with E-state index in [4.69, 9.17) is 5.73 Å². The first kappa shape index (κ1) is 21.5. The number of carbonyl (C=O) groups is 3. The fourth-order valence-corrected chi connectivity index (χ4v) is 4.31. The molecule has 2 aliphatic heterocycles. The SMILES string of the molecule is NC(=O)Nc1ccc2c(c1)C(=Cc1cc(-c3cccc(C(=O)N4CC[C@@H](O)C4)c3)c[nH]1)C(=O)N2. The molecule has 2 aliphatic rings. The van der Waals surface area contributed by atoms with Crippen molar-refractivity contribution in [2.45, 2.75) is 12.5 Å². The maximum absolute atomic E-state index is 12.8. The topological polar surface area (TPSA) is 141 Å². The second-order valence-corrected chi connectivity index (χ2v) is 8.38. The highest BCUT2D eigenvalue weighted by molar-refractivity contribution is 6.35. The summed E-state index contributed by atoms with van der Waals surface area (Å²) < 4.78 is 0. The molecule has 5 rings (SSSR count). The molecule has 9 nitrogen and oxygen atoms in total. The predicted octanol–water partition coefficient (Wildman–Crippen LogP) is 2.87. The molecule has 3 aromatic rings. The van der Waals surface area contributed by atoms with Crippen LogP contribution in [0.3, 0.4) is 0 Å². The number of aromatic amines is 1. The van der Waals surface area contributed by atoms with E-state index in [0.29, 0.717) is 53.3 Å². The largest absolute Gasteiger partial charge is 0.391 e. The minimum atomic E-state index is -0.682. The molecule has 3 heterocycles. The van der Waals surface area contributed by atoms with Gasteiger partial charge in [-0.15, -0.1) is 0 Å². The Bertz CT molecular complexity index is 1340. The number of benzene rings is 2. The van der Waals surface area contributed by atoms with Crippen LogP contribution in [0.2, 0.25) is 0 Å². The fraction of sp³-hybridized carbons (Fsp3) is 0.160. The standard InChI is InChI=1S/C25H23N5O4/c26-25(34)28-17-4-5-22-20(10-17)21(23(32)29-22)11-18-9-16(12-27-18)14-2-1-3-15(8-14)24(33)30-7-6-19(31)13-30/h1-5,8-12,19,27,31H,6-7,13H2,(H,29,32)(H3,26,28,34)/t19-/m1/s1. The van der Waals surface area contributed by atoms with Gasteiger partial charge in [-0.3, -0.25) is 9.59 Å². The van der Waals surface area contributed by atoms with Gasteiger partial charge in [0.2, 0.25) is 0 Å².